The topological polar surface area (TPSA) is 76.3 Å². The molecule has 4 rings (SSSR count). The van der Waals surface area contributed by atoms with Crippen molar-refractivity contribution in [2.24, 2.45) is 5.10 Å². The zero-order chi connectivity index (χ0) is 19.5. The second-order valence-electron chi connectivity index (χ2n) is 6.96. The first-order valence-electron chi connectivity index (χ1n) is 9.56. The van der Waals surface area contributed by atoms with Gasteiger partial charge in [-0.15, -0.1) is 11.3 Å². The number of carbonyl (C=O) groups is 1. The average Bonchev–Trinajstić information content (AvgIpc) is 3.10. The van der Waals surface area contributed by atoms with E-state index >= 15 is 0 Å². The third-order valence-corrected chi connectivity index (χ3v) is 6.25. The third-order valence-electron chi connectivity index (χ3n) is 5.05. The summed E-state index contributed by atoms with van der Waals surface area (Å²) in [5, 5.41) is 4.68. The molecule has 6 nitrogen and oxygen atoms in total. The largest absolute Gasteiger partial charge is 0.289 e. The lowest BCUT2D eigenvalue weighted by Gasteiger charge is -2.10. The molecule has 0 atom stereocenters. The van der Waals surface area contributed by atoms with Gasteiger partial charge in [0.15, 0.2) is 0 Å². The standard InChI is InChI=1S/C21H22N4O2S/c1-2-14-7-9-15(10-8-14)11-23-24-18(26)12-25-13-22-20-19(21(25)27)16-5-3-4-6-17(16)28-20/h7-11,13H,2-6,12H2,1H3,(H,24,26). The number of nitrogens with one attached hydrogen (secondary N) is 1. The number of aryl methyl sites for hydroxylation is 3. The van der Waals surface area contributed by atoms with E-state index in [1.165, 1.54) is 21.3 Å². The molecule has 1 aliphatic carbocycles. The molecular formula is C21H22N4O2S. The molecule has 7 heteroatoms. The van der Waals surface area contributed by atoms with Crippen LogP contribution in [-0.4, -0.2) is 21.7 Å². The number of fused-ring (bicyclic) bond motifs is 3. The fourth-order valence-corrected chi connectivity index (χ4v) is 4.72. The van der Waals surface area contributed by atoms with E-state index in [1.807, 2.05) is 24.3 Å². The maximum atomic E-state index is 12.9. The van der Waals surface area contributed by atoms with E-state index in [-0.39, 0.29) is 18.0 Å². The lowest BCUT2D eigenvalue weighted by atomic mass is 9.97. The Labute approximate surface area is 166 Å². The summed E-state index contributed by atoms with van der Waals surface area (Å²) in [6.07, 6.45) is 8.23. The lowest BCUT2D eigenvalue weighted by Crippen LogP contribution is -2.30. The highest BCUT2D eigenvalue weighted by Crippen LogP contribution is 2.33. The van der Waals surface area contributed by atoms with E-state index in [0.717, 1.165) is 48.1 Å². The highest BCUT2D eigenvalue weighted by Gasteiger charge is 2.20. The molecule has 0 spiro atoms. The van der Waals surface area contributed by atoms with Crippen LogP contribution in [0.2, 0.25) is 0 Å². The Kier molecular flexibility index (Phi) is 5.34. The Morgan fingerprint density at radius 3 is 2.86 bits per heavy atom. The zero-order valence-corrected chi connectivity index (χ0v) is 16.6. The van der Waals surface area contributed by atoms with Crippen molar-refractivity contribution in [2.45, 2.75) is 45.6 Å². The zero-order valence-electron chi connectivity index (χ0n) is 15.8. The van der Waals surface area contributed by atoms with Crippen LogP contribution in [0.4, 0.5) is 0 Å². The number of nitrogens with zero attached hydrogens (tertiary/aromatic N) is 3. The van der Waals surface area contributed by atoms with Gasteiger partial charge in [-0.2, -0.15) is 5.10 Å². The van der Waals surface area contributed by atoms with E-state index in [2.05, 4.69) is 22.4 Å². The first kappa shape index (κ1) is 18.6. The van der Waals surface area contributed by atoms with E-state index < -0.39 is 0 Å². The van der Waals surface area contributed by atoms with E-state index in [1.54, 1.807) is 17.6 Å². The van der Waals surface area contributed by atoms with E-state index in [9.17, 15) is 9.59 Å². The third kappa shape index (κ3) is 3.75. The minimum Gasteiger partial charge on any atom is -0.289 e. The molecule has 0 radical (unpaired) electrons. The molecule has 0 fully saturated rings. The van der Waals surface area contributed by atoms with Gasteiger partial charge in [-0.25, -0.2) is 10.4 Å². The molecule has 28 heavy (non-hydrogen) atoms. The number of amides is 1. The van der Waals surface area contributed by atoms with Crippen LogP contribution >= 0.6 is 11.3 Å². The summed E-state index contributed by atoms with van der Waals surface area (Å²) in [5.41, 5.74) is 5.63. The van der Waals surface area contributed by atoms with E-state index in [4.69, 9.17) is 0 Å². The summed E-state index contributed by atoms with van der Waals surface area (Å²) in [4.78, 5) is 31.5. The minimum atomic E-state index is -0.353. The predicted molar refractivity (Wildman–Crippen MR) is 112 cm³/mol. The maximum Gasteiger partial charge on any atom is 0.262 e. The Hall–Kier alpha value is -2.80. The Morgan fingerprint density at radius 1 is 1.29 bits per heavy atom. The van der Waals surface area contributed by atoms with E-state index in [0.29, 0.717) is 5.39 Å². The predicted octanol–water partition coefficient (Wildman–Crippen LogP) is 3.05. The van der Waals surface area contributed by atoms with Crippen LogP contribution < -0.4 is 11.0 Å². The average molecular weight is 395 g/mol. The summed E-state index contributed by atoms with van der Waals surface area (Å²) in [6, 6.07) is 7.98. The van der Waals surface area contributed by atoms with Gasteiger partial charge in [0.25, 0.3) is 11.5 Å². The number of benzene rings is 1. The van der Waals surface area contributed by atoms with Gasteiger partial charge in [0, 0.05) is 4.88 Å². The molecule has 0 bridgehead atoms. The van der Waals surface area contributed by atoms with Crippen molar-refractivity contribution >= 4 is 33.7 Å². The second-order valence-corrected chi connectivity index (χ2v) is 8.04. The van der Waals surface area contributed by atoms with Gasteiger partial charge < -0.3 is 0 Å². The maximum absolute atomic E-state index is 12.9. The first-order valence-corrected chi connectivity index (χ1v) is 10.4. The number of thiophene rings is 1. The fourth-order valence-electron chi connectivity index (χ4n) is 3.50. The van der Waals surface area contributed by atoms with Crippen LogP contribution in [0.1, 0.15) is 41.3 Å². The van der Waals surface area contributed by atoms with Crippen molar-refractivity contribution in [2.75, 3.05) is 0 Å². The summed E-state index contributed by atoms with van der Waals surface area (Å²) in [5.74, 6) is -0.353. The Morgan fingerprint density at radius 2 is 2.07 bits per heavy atom. The van der Waals surface area contributed by atoms with Crippen LogP contribution in [0.5, 0.6) is 0 Å². The molecule has 1 amide bonds. The number of aromatic nitrogens is 2. The van der Waals surface area contributed by atoms with Crippen molar-refractivity contribution in [1.82, 2.24) is 15.0 Å². The van der Waals surface area contributed by atoms with Gasteiger partial charge in [0.1, 0.15) is 11.4 Å². The van der Waals surface area contributed by atoms with Crippen molar-refractivity contribution in [3.05, 3.63) is 62.5 Å². The van der Waals surface area contributed by atoms with Crippen molar-refractivity contribution < 1.29 is 4.79 Å². The normalized spacial score (nSPS) is 13.8. The Balaban J connectivity index is 1.46. The monoisotopic (exact) mass is 394 g/mol. The van der Waals surface area contributed by atoms with Crippen LogP contribution in [0, 0.1) is 0 Å². The van der Waals surface area contributed by atoms with Gasteiger partial charge in [0.05, 0.1) is 17.9 Å². The SMILES string of the molecule is CCc1ccc(C=NNC(=O)Cn2cnc3sc4c(c3c2=O)CCCC4)cc1. The highest BCUT2D eigenvalue weighted by molar-refractivity contribution is 7.18. The van der Waals surface area contributed by atoms with Crippen molar-refractivity contribution in [3.8, 4) is 0 Å². The lowest BCUT2D eigenvalue weighted by molar-refractivity contribution is -0.121. The molecule has 0 saturated carbocycles. The second kappa shape index (κ2) is 8.06. The number of carbonyl (C=O) groups excluding carboxylic acids is 1. The van der Waals surface area contributed by atoms with Gasteiger partial charge in [-0.05, 0) is 48.8 Å². The number of rotatable bonds is 5. The van der Waals surface area contributed by atoms with Crippen LogP contribution in [-0.2, 0) is 30.6 Å². The van der Waals surface area contributed by atoms with Gasteiger partial charge in [-0.1, -0.05) is 31.2 Å². The summed E-state index contributed by atoms with van der Waals surface area (Å²) >= 11 is 1.61. The summed E-state index contributed by atoms with van der Waals surface area (Å²) < 4.78 is 1.37. The molecule has 2 heterocycles. The molecule has 1 N–H and O–H groups in total. The Bertz CT molecular complexity index is 1100. The van der Waals surface area contributed by atoms with Gasteiger partial charge in [0.2, 0.25) is 0 Å². The fraction of sp³-hybridized carbons (Fsp3) is 0.333. The molecule has 1 aromatic carbocycles. The van der Waals surface area contributed by atoms with Crippen molar-refractivity contribution in [1.29, 1.82) is 0 Å². The quantitative estimate of drug-likeness (QED) is 0.534. The molecular weight excluding hydrogens is 372 g/mol. The molecule has 0 aliphatic heterocycles. The summed E-state index contributed by atoms with van der Waals surface area (Å²) in [6.45, 7) is 2.00. The van der Waals surface area contributed by atoms with Crippen LogP contribution in [0.3, 0.4) is 0 Å². The van der Waals surface area contributed by atoms with Gasteiger partial charge >= 0.3 is 0 Å². The molecule has 0 unspecified atom stereocenters. The molecule has 3 aromatic rings. The minimum absolute atomic E-state index is 0.0987. The molecule has 144 valence electrons. The van der Waals surface area contributed by atoms with Crippen LogP contribution in [0.15, 0.2) is 40.5 Å². The number of hydrogen-bond donors (Lipinski definition) is 1. The smallest absolute Gasteiger partial charge is 0.262 e. The number of hydrazone groups is 1. The first-order chi connectivity index (χ1) is 13.7. The molecule has 1 aliphatic rings. The number of hydrogen-bond acceptors (Lipinski definition) is 5. The summed E-state index contributed by atoms with van der Waals surface area (Å²) in [7, 11) is 0. The van der Waals surface area contributed by atoms with Crippen LogP contribution in [0.25, 0.3) is 10.2 Å². The highest BCUT2D eigenvalue weighted by atomic mass is 32.1. The van der Waals surface area contributed by atoms with Gasteiger partial charge in [-0.3, -0.25) is 14.2 Å². The molecule has 0 saturated heterocycles. The van der Waals surface area contributed by atoms with Crippen molar-refractivity contribution in [3.63, 3.8) is 0 Å². The molecule has 2 aromatic heterocycles.